The van der Waals surface area contributed by atoms with E-state index in [4.69, 9.17) is 4.42 Å². The van der Waals surface area contributed by atoms with E-state index < -0.39 is 5.76 Å². The van der Waals surface area contributed by atoms with Crippen molar-refractivity contribution in [3.63, 3.8) is 0 Å². The fraction of sp³-hybridized carbons (Fsp3) is 0.588. The maximum atomic E-state index is 11.2. The largest absolute Gasteiger partial charge is 0.417 e. The van der Waals surface area contributed by atoms with Crippen molar-refractivity contribution in [3.05, 3.63) is 28.7 Å². The van der Waals surface area contributed by atoms with Crippen LogP contribution in [0.3, 0.4) is 0 Å². The zero-order valence-corrected chi connectivity index (χ0v) is 12.8. The summed E-state index contributed by atoms with van der Waals surface area (Å²) in [6.45, 7) is 4.61. The number of fused-ring (bicyclic) bond motifs is 1. The average Bonchev–Trinajstić information content (AvgIpc) is 2.77. The Balaban J connectivity index is 1.67. The first-order valence-corrected chi connectivity index (χ1v) is 7.99. The van der Waals surface area contributed by atoms with Crippen LogP contribution in [0, 0.1) is 11.8 Å². The van der Waals surface area contributed by atoms with Gasteiger partial charge in [0, 0.05) is 11.7 Å². The highest BCUT2D eigenvalue weighted by molar-refractivity contribution is 5.76. The van der Waals surface area contributed by atoms with Crippen molar-refractivity contribution in [3.8, 4) is 0 Å². The van der Waals surface area contributed by atoms with Crippen molar-refractivity contribution in [2.24, 2.45) is 11.8 Å². The van der Waals surface area contributed by atoms with Gasteiger partial charge in [0.2, 0.25) is 0 Å². The molecule has 1 fully saturated rings. The summed E-state index contributed by atoms with van der Waals surface area (Å²) >= 11 is 0. The summed E-state index contributed by atoms with van der Waals surface area (Å²) in [5, 5.41) is 3.62. The molecule has 21 heavy (non-hydrogen) atoms. The lowest BCUT2D eigenvalue weighted by atomic mass is 9.81. The standard InChI is InChI=1S/C17H24N2O2/c1-11(2)8-12-4-3-5-13(9-12)18-14-6-7-16-15(10-14)19-17(20)21-16/h6-7,10-13,18H,3-5,8-9H2,1-2H3,(H,19,20). The highest BCUT2D eigenvalue weighted by Crippen LogP contribution is 2.31. The van der Waals surface area contributed by atoms with Gasteiger partial charge in [-0.15, -0.1) is 0 Å². The number of anilines is 1. The zero-order valence-electron chi connectivity index (χ0n) is 12.8. The molecule has 4 heteroatoms. The van der Waals surface area contributed by atoms with E-state index in [1.165, 1.54) is 32.1 Å². The Labute approximate surface area is 124 Å². The number of oxazole rings is 1. The van der Waals surface area contributed by atoms with E-state index >= 15 is 0 Å². The summed E-state index contributed by atoms with van der Waals surface area (Å²) in [7, 11) is 0. The monoisotopic (exact) mass is 288 g/mol. The minimum absolute atomic E-state index is 0.392. The molecule has 0 spiro atoms. The smallest absolute Gasteiger partial charge is 0.408 e. The summed E-state index contributed by atoms with van der Waals surface area (Å²) in [6.07, 6.45) is 6.48. The van der Waals surface area contributed by atoms with Crippen molar-refractivity contribution in [1.82, 2.24) is 4.98 Å². The zero-order chi connectivity index (χ0) is 14.8. The predicted octanol–water partition coefficient (Wildman–Crippen LogP) is 4.14. The average molecular weight is 288 g/mol. The van der Waals surface area contributed by atoms with Gasteiger partial charge in [0.1, 0.15) is 0 Å². The van der Waals surface area contributed by atoms with Crippen molar-refractivity contribution in [2.75, 3.05) is 5.32 Å². The van der Waals surface area contributed by atoms with Gasteiger partial charge in [-0.05, 0) is 49.3 Å². The Morgan fingerprint density at radius 2 is 2.24 bits per heavy atom. The number of hydrogen-bond donors (Lipinski definition) is 2. The highest BCUT2D eigenvalue weighted by Gasteiger charge is 2.22. The van der Waals surface area contributed by atoms with Crippen LogP contribution >= 0.6 is 0 Å². The van der Waals surface area contributed by atoms with Crippen molar-refractivity contribution >= 4 is 16.8 Å². The molecular formula is C17H24N2O2. The second kappa shape index (κ2) is 5.96. The lowest BCUT2D eigenvalue weighted by Gasteiger charge is -2.31. The van der Waals surface area contributed by atoms with E-state index in [0.29, 0.717) is 11.6 Å². The second-order valence-electron chi connectivity index (χ2n) is 6.73. The molecule has 1 aromatic heterocycles. The van der Waals surface area contributed by atoms with Crippen LogP contribution in [0.1, 0.15) is 46.0 Å². The Morgan fingerprint density at radius 1 is 1.38 bits per heavy atom. The Morgan fingerprint density at radius 3 is 3.05 bits per heavy atom. The minimum atomic E-state index is -0.392. The lowest BCUT2D eigenvalue weighted by molar-refractivity contribution is 0.289. The number of aromatic nitrogens is 1. The maximum Gasteiger partial charge on any atom is 0.417 e. The normalized spacial score (nSPS) is 22.8. The topological polar surface area (TPSA) is 58.0 Å². The van der Waals surface area contributed by atoms with Crippen molar-refractivity contribution in [2.45, 2.75) is 52.0 Å². The van der Waals surface area contributed by atoms with Crippen LogP contribution < -0.4 is 11.1 Å². The van der Waals surface area contributed by atoms with Gasteiger partial charge < -0.3 is 9.73 Å². The van der Waals surface area contributed by atoms with E-state index in [-0.39, 0.29) is 0 Å². The van der Waals surface area contributed by atoms with Gasteiger partial charge in [-0.3, -0.25) is 4.98 Å². The van der Waals surface area contributed by atoms with Crippen molar-refractivity contribution in [1.29, 1.82) is 0 Å². The number of H-pyrrole nitrogens is 1. The minimum Gasteiger partial charge on any atom is -0.408 e. The molecule has 0 saturated heterocycles. The van der Waals surface area contributed by atoms with E-state index in [9.17, 15) is 4.79 Å². The highest BCUT2D eigenvalue weighted by atomic mass is 16.4. The van der Waals surface area contributed by atoms with Gasteiger partial charge >= 0.3 is 5.76 Å². The van der Waals surface area contributed by atoms with Crippen LogP contribution in [-0.4, -0.2) is 11.0 Å². The van der Waals surface area contributed by atoms with Crippen LogP contribution in [0.5, 0.6) is 0 Å². The molecule has 2 aromatic rings. The Hall–Kier alpha value is -1.71. The molecule has 1 aliphatic rings. The predicted molar refractivity (Wildman–Crippen MR) is 85.7 cm³/mol. The summed E-state index contributed by atoms with van der Waals surface area (Å²) < 4.78 is 5.03. The fourth-order valence-corrected chi connectivity index (χ4v) is 3.58. The van der Waals surface area contributed by atoms with Crippen molar-refractivity contribution < 1.29 is 4.42 Å². The molecule has 0 radical (unpaired) electrons. The number of nitrogens with one attached hydrogen (secondary N) is 2. The quantitative estimate of drug-likeness (QED) is 0.889. The third-order valence-electron chi connectivity index (χ3n) is 4.38. The van der Waals surface area contributed by atoms with Gasteiger partial charge in [-0.1, -0.05) is 26.7 Å². The lowest BCUT2D eigenvalue weighted by Crippen LogP contribution is -2.27. The molecule has 2 N–H and O–H groups in total. The SMILES string of the molecule is CC(C)CC1CCCC(Nc2ccc3oc(=O)[nH]c3c2)C1. The number of hydrogen-bond acceptors (Lipinski definition) is 3. The van der Waals surface area contributed by atoms with Crippen LogP contribution in [0.15, 0.2) is 27.4 Å². The first kappa shape index (κ1) is 14.2. The molecule has 4 nitrogen and oxygen atoms in total. The molecular weight excluding hydrogens is 264 g/mol. The molecule has 2 atom stereocenters. The summed E-state index contributed by atoms with van der Waals surface area (Å²) in [6, 6.07) is 6.35. The van der Waals surface area contributed by atoms with Gasteiger partial charge in [-0.2, -0.15) is 0 Å². The van der Waals surface area contributed by atoms with Crippen LogP contribution in [0.25, 0.3) is 11.1 Å². The molecule has 2 unspecified atom stereocenters. The first-order valence-electron chi connectivity index (χ1n) is 7.99. The summed E-state index contributed by atoms with van der Waals surface area (Å²) in [5.41, 5.74) is 2.45. The molecule has 3 rings (SSSR count). The van der Waals surface area contributed by atoms with Crippen LogP contribution in [-0.2, 0) is 0 Å². The maximum absolute atomic E-state index is 11.2. The second-order valence-corrected chi connectivity index (χ2v) is 6.73. The third kappa shape index (κ3) is 3.49. The molecule has 0 bridgehead atoms. The van der Waals surface area contributed by atoms with Gasteiger partial charge in [0.25, 0.3) is 0 Å². The molecule has 1 heterocycles. The molecule has 1 saturated carbocycles. The molecule has 0 aliphatic heterocycles. The first-order chi connectivity index (χ1) is 10.1. The van der Waals surface area contributed by atoms with E-state index in [1.54, 1.807) is 0 Å². The molecule has 114 valence electrons. The third-order valence-corrected chi connectivity index (χ3v) is 4.38. The molecule has 0 amide bonds. The van der Waals surface area contributed by atoms with E-state index in [2.05, 4.69) is 24.1 Å². The molecule has 1 aliphatic carbocycles. The van der Waals surface area contributed by atoms with Crippen LogP contribution in [0.2, 0.25) is 0 Å². The van der Waals surface area contributed by atoms with Gasteiger partial charge in [0.05, 0.1) is 5.52 Å². The number of aromatic amines is 1. The molecule has 1 aromatic carbocycles. The van der Waals surface area contributed by atoms with E-state index in [1.807, 2.05) is 18.2 Å². The fourth-order valence-electron chi connectivity index (χ4n) is 3.58. The Bertz CT molecular complexity index is 656. The summed E-state index contributed by atoms with van der Waals surface area (Å²) in [4.78, 5) is 13.9. The summed E-state index contributed by atoms with van der Waals surface area (Å²) in [5.74, 6) is 1.23. The van der Waals surface area contributed by atoms with Gasteiger partial charge in [0.15, 0.2) is 5.58 Å². The number of rotatable bonds is 4. The van der Waals surface area contributed by atoms with Gasteiger partial charge in [-0.25, -0.2) is 4.79 Å². The van der Waals surface area contributed by atoms with Crippen LogP contribution in [0.4, 0.5) is 5.69 Å². The van der Waals surface area contributed by atoms with E-state index in [0.717, 1.165) is 23.0 Å². The number of benzene rings is 1. The Kier molecular flexibility index (Phi) is 4.04.